The van der Waals surface area contributed by atoms with Crippen molar-refractivity contribution >= 4 is 6.09 Å². The molecule has 6 nitrogen and oxygen atoms in total. The smallest absolute Gasteiger partial charge is 0.407 e. The van der Waals surface area contributed by atoms with Gasteiger partial charge in [-0.3, -0.25) is 0 Å². The van der Waals surface area contributed by atoms with Crippen LogP contribution in [0, 0.1) is 0 Å². The van der Waals surface area contributed by atoms with E-state index in [1.165, 1.54) is 0 Å². The number of alkyl carbamates (subject to hydrolysis) is 1. The van der Waals surface area contributed by atoms with Crippen LogP contribution in [0.15, 0.2) is 12.5 Å². The maximum absolute atomic E-state index is 11.6. The van der Waals surface area contributed by atoms with E-state index < -0.39 is 5.60 Å². The van der Waals surface area contributed by atoms with Crippen molar-refractivity contribution in [1.29, 1.82) is 0 Å². The van der Waals surface area contributed by atoms with E-state index in [1.807, 2.05) is 33.3 Å². The second-order valence-electron chi connectivity index (χ2n) is 6.58. The maximum atomic E-state index is 11.6. The van der Waals surface area contributed by atoms with Crippen LogP contribution in [0.25, 0.3) is 0 Å². The molecule has 0 radical (unpaired) electrons. The number of amides is 1. The summed E-state index contributed by atoms with van der Waals surface area (Å²) in [5, 5.41) is 2.77. The van der Waals surface area contributed by atoms with E-state index in [9.17, 15) is 4.79 Å². The number of likely N-dealkylation sites (N-methyl/N-ethyl adjacent to an activating group) is 1. The number of carbonyl (C=O) groups excluding carboxylic acids is 1. The van der Waals surface area contributed by atoms with Crippen LogP contribution in [0.4, 0.5) is 4.79 Å². The second-order valence-corrected chi connectivity index (χ2v) is 6.58. The Kier molecular flexibility index (Phi) is 6.20. The number of carbonyl (C=O) groups is 1. The molecule has 0 aliphatic carbocycles. The second kappa shape index (κ2) is 7.45. The van der Waals surface area contributed by atoms with Gasteiger partial charge in [0.1, 0.15) is 5.60 Å². The first-order valence-electron chi connectivity index (χ1n) is 7.31. The maximum Gasteiger partial charge on any atom is 0.407 e. The number of imidazole rings is 1. The molecule has 21 heavy (non-hydrogen) atoms. The monoisotopic (exact) mass is 296 g/mol. The van der Waals surface area contributed by atoms with Gasteiger partial charge in [0, 0.05) is 37.4 Å². The van der Waals surface area contributed by atoms with Crippen LogP contribution in [0.1, 0.15) is 39.4 Å². The van der Waals surface area contributed by atoms with Gasteiger partial charge in [0.25, 0.3) is 0 Å². The summed E-state index contributed by atoms with van der Waals surface area (Å²) in [6, 6.07) is 0.346. The molecule has 1 heterocycles. The van der Waals surface area contributed by atoms with Gasteiger partial charge in [0.15, 0.2) is 0 Å². The van der Waals surface area contributed by atoms with Crippen LogP contribution in [-0.2, 0) is 11.2 Å². The molecule has 0 fully saturated rings. The Morgan fingerprint density at radius 1 is 1.48 bits per heavy atom. The number of nitrogens with zero attached hydrogens (tertiary/aromatic N) is 3. The molecule has 1 aromatic rings. The van der Waals surface area contributed by atoms with Gasteiger partial charge in [0.05, 0.1) is 6.33 Å². The lowest BCUT2D eigenvalue weighted by molar-refractivity contribution is 0.0528. The molecule has 120 valence electrons. The van der Waals surface area contributed by atoms with Crippen molar-refractivity contribution in [1.82, 2.24) is 19.8 Å². The van der Waals surface area contributed by atoms with E-state index in [4.69, 9.17) is 4.74 Å². The van der Waals surface area contributed by atoms with Crippen molar-refractivity contribution in [3.8, 4) is 0 Å². The van der Waals surface area contributed by atoms with Crippen LogP contribution < -0.4 is 5.32 Å². The van der Waals surface area contributed by atoms with Gasteiger partial charge < -0.3 is 19.5 Å². The third-order valence-corrected chi connectivity index (χ3v) is 2.90. The number of hydrogen-bond donors (Lipinski definition) is 1. The first-order chi connectivity index (χ1) is 9.69. The molecule has 0 aliphatic rings. The molecule has 0 aliphatic heterocycles. The lowest BCUT2D eigenvalue weighted by atomic mass is 10.2. The van der Waals surface area contributed by atoms with Gasteiger partial charge in [0.2, 0.25) is 0 Å². The van der Waals surface area contributed by atoms with E-state index >= 15 is 0 Å². The summed E-state index contributed by atoms with van der Waals surface area (Å²) in [7, 11) is 4.11. The van der Waals surface area contributed by atoms with Crippen LogP contribution in [0.5, 0.6) is 0 Å². The lowest BCUT2D eigenvalue weighted by Crippen LogP contribution is -2.34. The summed E-state index contributed by atoms with van der Waals surface area (Å²) < 4.78 is 7.36. The molecule has 0 saturated heterocycles. The van der Waals surface area contributed by atoms with Crippen molar-refractivity contribution < 1.29 is 9.53 Å². The third-order valence-electron chi connectivity index (χ3n) is 2.90. The Labute approximate surface area is 127 Å². The number of ether oxygens (including phenoxy) is 1. The van der Waals surface area contributed by atoms with Crippen molar-refractivity contribution in [2.45, 2.75) is 45.8 Å². The summed E-state index contributed by atoms with van der Waals surface area (Å²) in [5.74, 6) is 0. The van der Waals surface area contributed by atoms with Crippen LogP contribution in [0.2, 0.25) is 0 Å². The molecule has 6 heteroatoms. The lowest BCUT2D eigenvalue weighted by Gasteiger charge is -2.21. The van der Waals surface area contributed by atoms with Crippen LogP contribution >= 0.6 is 0 Å². The topological polar surface area (TPSA) is 59.4 Å². The quantitative estimate of drug-likeness (QED) is 0.873. The Hall–Kier alpha value is -1.56. The van der Waals surface area contributed by atoms with Gasteiger partial charge in [-0.2, -0.15) is 0 Å². The molecule has 1 amide bonds. The fraction of sp³-hybridized carbons (Fsp3) is 0.733. The summed E-state index contributed by atoms with van der Waals surface area (Å²) >= 11 is 0. The van der Waals surface area contributed by atoms with E-state index in [0.29, 0.717) is 12.6 Å². The highest BCUT2D eigenvalue weighted by Crippen LogP contribution is 2.11. The molecular weight excluding hydrogens is 268 g/mol. The average molecular weight is 296 g/mol. The fourth-order valence-electron chi connectivity index (χ4n) is 2.15. The normalized spacial score (nSPS) is 13.3. The molecular formula is C15H28N4O2. The van der Waals surface area contributed by atoms with Crippen molar-refractivity contribution in [2.24, 2.45) is 0 Å². The van der Waals surface area contributed by atoms with Gasteiger partial charge in [-0.05, 0) is 41.8 Å². The highest BCUT2D eigenvalue weighted by atomic mass is 16.6. The third kappa shape index (κ3) is 6.62. The Morgan fingerprint density at radius 3 is 2.71 bits per heavy atom. The summed E-state index contributed by atoms with van der Waals surface area (Å²) in [5.41, 5.74) is 0.645. The van der Waals surface area contributed by atoms with E-state index in [1.54, 1.807) is 0 Å². The highest BCUT2D eigenvalue weighted by Gasteiger charge is 2.16. The molecule has 0 saturated carbocycles. The molecule has 0 aromatic carbocycles. The minimum absolute atomic E-state index is 0.346. The number of rotatable bonds is 6. The molecule has 1 unspecified atom stereocenters. The van der Waals surface area contributed by atoms with E-state index in [0.717, 1.165) is 18.7 Å². The summed E-state index contributed by atoms with van der Waals surface area (Å²) in [6.45, 7) is 9.20. The first kappa shape index (κ1) is 17.5. The highest BCUT2D eigenvalue weighted by molar-refractivity contribution is 5.67. The SMILES string of the molecule is CC(CN(C)C)n1cncc1CCNC(=O)OC(C)(C)C. The average Bonchev–Trinajstić information content (AvgIpc) is 2.73. The predicted octanol–water partition coefficient (Wildman–Crippen LogP) is 2.07. The molecule has 1 N–H and O–H groups in total. The van der Waals surface area contributed by atoms with Crippen LogP contribution in [-0.4, -0.2) is 53.3 Å². The predicted molar refractivity (Wildman–Crippen MR) is 83.4 cm³/mol. The number of aromatic nitrogens is 2. The fourth-order valence-corrected chi connectivity index (χ4v) is 2.15. The molecule has 0 spiro atoms. The Bertz CT molecular complexity index is 449. The minimum atomic E-state index is -0.466. The summed E-state index contributed by atoms with van der Waals surface area (Å²) in [6.07, 6.45) is 4.05. The Balaban J connectivity index is 2.46. The van der Waals surface area contributed by atoms with Gasteiger partial charge in [-0.15, -0.1) is 0 Å². The molecule has 1 rings (SSSR count). The molecule has 1 aromatic heterocycles. The van der Waals surface area contributed by atoms with Crippen molar-refractivity contribution in [3.63, 3.8) is 0 Å². The Morgan fingerprint density at radius 2 is 2.14 bits per heavy atom. The zero-order valence-corrected chi connectivity index (χ0v) is 14.0. The van der Waals surface area contributed by atoms with Crippen molar-refractivity contribution in [3.05, 3.63) is 18.2 Å². The van der Waals surface area contributed by atoms with E-state index in [-0.39, 0.29) is 6.09 Å². The first-order valence-corrected chi connectivity index (χ1v) is 7.31. The minimum Gasteiger partial charge on any atom is -0.444 e. The van der Waals surface area contributed by atoms with Gasteiger partial charge in [-0.1, -0.05) is 0 Å². The standard InChI is InChI=1S/C15H28N4O2/c1-12(10-18(5)6)19-11-16-9-13(19)7-8-17-14(20)21-15(2,3)4/h9,11-12H,7-8,10H2,1-6H3,(H,17,20). The zero-order valence-electron chi connectivity index (χ0n) is 14.0. The number of nitrogens with one attached hydrogen (secondary N) is 1. The number of hydrogen-bond acceptors (Lipinski definition) is 4. The summed E-state index contributed by atoms with van der Waals surface area (Å²) in [4.78, 5) is 17.9. The van der Waals surface area contributed by atoms with Crippen molar-refractivity contribution in [2.75, 3.05) is 27.2 Å². The molecule has 1 atom stereocenters. The zero-order chi connectivity index (χ0) is 16.0. The van der Waals surface area contributed by atoms with Gasteiger partial charge >= 0.3 is 6.09 Å². The van der Waals surface area contributed by atoms with E-state index in [2.05, 4.69) is 40.8 Å². The van der Waals surface area contributed by atoms with Crippen LogP contribution in [0.3, 0.4) is 0 Å². The van der Waals surface area contributed by atoms with Gasteiger partial charge in [-0.25, -0.2) is 9.78 Å². The molecule has 0 bridgehead atoms. The largest absolute Gasteiger partial charge is 0.444 e.